The molecule has 0 fully saturated rings. The molecule has 2 amide bonds. The molecule has 2 aromatic rings. The summed E-state index contributed by atoms with van der Waals surface area (Å²) in [7, 11) is 1.75. The molecule has 178 valence electrons. The van der Waals surface area contributed by atoms with Gasteiger partial charge in [0.25, 0.3) is 0 Å². The van der Waals surface area contributed by atoms with E-state index in [1.54, 1.807) is 11.9 Å². The van der Waals surface area contributed by atoms with E-state index in [4.69, 9.17) is 11.6 Å². The van der Waals surface area contributed by atoms with Crippen LogP contribution < -0.4 is 21.8 Å². The fraction of sp³-hybridized carbons (Fsp3) is 0.385. The fourth-order valence-corrected chi connectivity index (χ4v) is 3.81. The maximum absolute atomic E-state index is 13.2. The molecule has 0 bridgehead atoms. The highest BCUT2D eigenvalue weighted by Crippen LogP contribution is 2.36. The molecule has 1 aliphatic rings. The topological polar surface area (TPSA) is 105 Å². The van der Waals surface area contributed by atoms with E-state index in [0.717, 1.165) is 29.5 Å². The number of anilines is 1. The normalized spacial score (nSPS) is 14.6. The largest absolute Gasteiger partial charge is 0.396 e. The van der Waals surface area contributed by atoms with Gasteiger partial charge in [0, 0.05) is 37.6 Å². The third-order valence-corrected chi connectivity index (χ3v) is 5.41. The maximum Gasteiger partial charge on any atom is 0.227 e. The lowest BCUT2D eigenvalue weighted by molar-refractivity contribution is -0.125. The smallest absolute Gasteiger partial charge is 0.227 e. The molecule has 33 heavy (non-hydrogen) atoms. The predicted octanol–water partition coefficient (Wildman–Crippen LogP) is 3.85. The van der Waals surface area contributed by atoms with Gasteiger partial charge in [-0.05, 0) is 18.1 Å². The number of unbranched alkanes of at least 4 members (excludes halogenated alkanes) is 1. The minimum atomic E-state index is -0.120. The van der Waals surface area contributed by atoms with Gasteiger partial charge in [0.05, 0.1) is 23.6 Å². The number of benzene rings is 2. The summed E-state index contributed by atoms with van der Waals surface area (Å²) in [5.41, 5.74) is 11.1. The zero-order valence-corrected chi connectivity index (χ0v) is 20.2. The number of hydrogen-bond donors (Lipinski definition) is 3. The highest BCUT2D eigenvalue weighted by molar-refractivity contribution is 6.01. The van der Waals surface area contributed by atoms with E-state index >= 15 is 0 Å². The number of carbonyl (C=O) groups is 2. The van der Waals surface area contributed by atoms with Gasteiger partial charge in [-0.25, -0.2) is 5.84 Å². The molecule has 3 rings (SSSR count). The Morgan fingerprint density at radius 3 is 2.33 bits per heavy atom. The first-order valence-electron chi connectivity index (χ1n) is 11.7. The van der Waals surface area contributed by atoms with E-state index in [0.29, 0.717) is 30.2 Å². The molecule has 0 unspecified atom stereocenters. The first-order valence-corrected chi connectivity index (χ1v) is 11.7. The maximum atomic E-state index is 13.2. The van der Waals surface area contributed by atoms with E-state index in [-0.39, 0.29) is 24.7 Å². The minimum Gasteiger partial charge on any atom is -0.396 e. The van der Waals surface area contributed by atoms with E-state index in [2.05, 4.69) is 12.2 Å². The minimum absolute atomic E-state index is 0.103. The van der Waals surface area contributed by atoms with Crippen molar-refractivity contribution in [2.24, 2.45) is 11.6 Å². The van der Waals surface area contributed by atoms with Crippen LogP contribution in [0.1, 0.15) is 63.1 Å². The van der Waals surface area contributed by atoms with Crippen molar-refractivity contribution in [2.45, 2.75) is 53.0 Å². The summed E-state index contributed by atoms with van der Waals surface area (Å²) in [4.78, 5) is 27.1. The first kappa shape index (κ1) is 25.9. The van der Waals surface area contributed by atoms with Gasteiger partial charge in [-0.15, -0.1) is 0 Å². The molecule has 0 saturated carbocycles. The average Bonchev–Trinajstić information content (AvgIpc) is 2.82. The van der Waals surface area contributed by atoms with E-state index in [1.807, 2.05) is 62.4 Å². The molecule has 1 aliphatic heterocycles. The van der Waals surface area contributed by atoms with Gasteiger partial charge in [0.15, 0.2) is 0 Å². The molecule has 2 aromatic carbocycles. The van der Waals surface area contributed by atoms with Gasteiger partial charge < -0.3 is 21.0 Å². The SMILES string of the molecule is CC.CCCCNC(=O)CCC(=O)N1Cc2ccccc2/C(N(C)N)=C(/N)c2ccccc21. The number of hydrogen-bond acceptors (Lipinski definition) is 5. The lowest BCUT2D eigenvalue weighted by Crippen LogP contribution is -2.35. The van der Waals surface area contributed by atoms with Crippen LogP contribution in [0.3, 0.4) is 0 Å². The number of amides is 2. The lowest BCUT2D eigenvalue weighted by Gasteiger charge is -2.31. The number of hydrazine groups is 1. The Hall–Kier alpha value is -3.32. The Morgan fingerprint density at radius 1 is 1.03 bits per heavy atom. The van der Waals surface area contributed by atoms with Crippen LogP contribution in [-0.2, 0) is 16.1 Å². The molecule has 0 aromatic heterocycles. The fourth-order valence-electron chi connectivity index (χ4n) is 3.81. The van der Waals surface area contributed by atoms with Gasteiger partial charge >= 0.3 is 0 Å². The van der Waals surface area contributed by atoms with Crippen molar-refractivity contribution in [3.05, 3.63) is 65.2 Å². The molecular formula is C26H37N5O2. The van der Waals surface area contributed by atoms with Crippen LogP contribution in [0.4, 0.5) is 5.69 Å². The third-order valence-electron chi connectivity index (χ3n) is 5.41. The Kier molecular flexibility index (Phi) is 9.94. The molecule has 1 heterocycles. The van der Waals surface area contributed by atoms with Crippen LogP contribution in [-0.4, -0.2) is 30.4 Å². The number of rotatable bonds is 7. The number of nitrogens with two attached hydrogens (primary N) is 2. The van der Waals surface area contributed by atoms with Crippen LogP contribution in [0, 0.1) is 0 Å². The van der Waals surface area contributed by atoms with E-state index in [1.165, 1.54) is 5.01 Å². The molecule has 7 heteroatoms. The van der Waals surface area contributed by atoms with Crippen LogP contribution in [0.25, 0.3) is 11.4 Å². The summed E-state index contributed by atoms with van der Waals surface area (Å²) in [5.74, 6) is 5.92. The molecule has 7 nitrogen and oxygen atoms in total. The highest BCUT2D eigenvalue weighted by Gasteiger charge is 2.27. The van der Waals surface area contributed by atoms with Gasteiger partial charge in [-0.1, -0.05) is 69.7 Å². The molecular weight excluding hydrogens is 414 g/mol. The second kappa shape index (κ2) is 12.6. The number of nitrogens with zero attached hydrogens (tertiary/aromatic N) is 2. The molecule has 0 saturated heterocycles. The lowest BCUT2D eigenvalue weighted by atomic mass is 9.95. The van der Waals surface area contributed by atoms with Crippen molar-refractivity contribution in [3.63, 3.8) is 0 Å². The first-order chi connectivity index (χ1) is 15.9. The van der Waals surface area contributed by atoms with Crippen molar-refractivity contribution in [1.82, 2.24) is 10.3 Å². The number of carbonyl (C=O) groups excluding carboxylic acids is 2. The third kappa shape index (κ3) is 6.35. The number of fused-ring (bicyclic) bond motifs is 2. The summed E-state index contributed by atoms with van der Waals surface area (Å²) >= 11 is 0. The molecule has 5 N–H and O–H groups in total. The average molecular weight is 452 g/mol. The summed E-state index contributed by atoms with van der Waals surface area (Å²) < 4.78 is 0. The zero-order valence-electron chi connectivity index (χ0n) is 20.2. The van der Waals surface area contributed by atoms with Crippen molar-refractivity contribution < 1.29 is 9.59 Å². The predicted molar refractivity (Wildman–Crippen MR) is 136 cm³/mol. The quantitative estimate of drug-likeness (QED) is 0.337. The summed E-state index contributed by atoms with van der Waals surface area (Å²) in [6.45, 7) is 7.08. The van der Waals surface area contributed by atoms with Crippen molar-refractivity contribution in [3.8, 4) is 0 Å². The molecule has 0 aliphatic carbocycles. The van der Waals surface area contributed by atoms with Crippen LogP contribution >= 0.6 is 0 Å². The Morgan fingerprint density at radius 2 is 1.67 bits per heavy atom. The van der Waals surface area contributed by atoms with E-state index in [9.17, 15) is 9.59 Å². The summed E-state index contributed by atoms with van der Waals surface area (Å²) in [6, 6.07) is 15.3. The van der Waals surface area contributed by atoms with Gasteiger partial charge in [0.2, 0.25) is 11.8 Å². The van der Waals surface area contributed by atoms with E-state index < -0.39 is 0 Å². The van der Waals surface area contributed by atoms with Crippen LogP contribution in [0.2, 0.25) is 0 Å². The van der Waals surface area contributed by atoms with Crippen molar-refractivity contribution >= 4 is 28.9 Å². The zero-order chi connectivity index (χ0) is 24.4. The Balaban J connectivity index is 0.00000187. The van der Waals surface area contributed by atoms with Gasteiger partial charge in [-0.3, -0.25) is 9.59 Å². The van der Waals surface area contributed by atoms with Crippen molar-refractivity contribution in [1.29, 1.82) is 0 Å². The molecule has 0 radical (unpaired) electrons. The van der Waals surface area contributed by atoms with Gasteiger partial charge in [-0.2, -0.15) is 0 Å². The van der Waals surface area contributed by atoms with Crippen LogP contribution in [0.15, 0.2) is 48.5 Å². The Labute approximate surface area is 197 Å². The van der Waals surface area contributed by atoms with Crippen LogP contribution in [0.5, 0.6) is 0 Å². The Bertz CT molecular complexity index is 984. The highest BCUT2D eigenvalue weighted by atomic mass is 16.2. The standard InChI is InChI=1S/C24H31N5O2.C2H6/c1-3-4-15-27-21(30)13-14-22(31)29-16-17-9-5-6-10-18(17)24(28(2)26)23(25)19-11-7-8-12-20(19)29;1-2/h5-12H,3-4,13-16,25-26H2,1-2H3,(H,27,30);1-2H3/b24-23-;. The number of para-hydroxylation sites is 1. The molecule has 0 spiro atoms. The summed E-state index contributed by atoms with van der Waals surface area (Å²) in [5, 5.41) is 4.38. The van der Waals surface area contributed by atoms with Gasteiger partial charge in [0.1, 0.15) is 0 Å². The molecule has 0 atom stereocenters. The van der Waals surface area contributed by atoms with Crippen molar-refractivity contribution in [2.75, 3.05) is 18.5 Å². The number of nitrogens with one attached hydrogen (secondary N) is 1. The summed E-state index contributed by atoms with van der Waals surface area (Å²) in [6.07, 6.45) is 2.23. The second-order valence-electron chi connectivity index (χ2n) is 7.73. The monoisotopic (exact) mass is 451 g/mol. The second-order valence-corrected chi connectivity index (χ2v) is 7.73.